The number of unbranched alkanes of at least 4 members (excludes halogenated alkanes) is 5. The van der Waals surface area contributed by atoms with Crippen LogP contribution in [0.3, 0.4) is 0 Å². The lowest BCUT2D eigenvalue weighted by Gasteiger charge is -2.37. The van der Waals surface area contributed by atoms with Crippen molar-refractivity contribution < 1.29 is 8.61 Å². The van der Waals surface area contributed by atoms with Gasteiger partial charge >= 0.3 is 0 Å². The van der Waals surface area contributed by atoms with E-state index in [4.69, 9.17) is 13.9 Å². The lowest BCUT2D eigenvalue weighted by atomic mass is 10.1. The summed E-state index contributed by atoms with van der Waals surface area (Å²) >= 11 is 0. The fraction of sp³-hybridized carbons (Fsp3) is 0.520. The van der Waals surface area contributed by atoms with E-state index in [0.717, 1.165) is 30.0 Å². The number of rotatable bonds is 13. The van der Waals surface area contributed by atoms with Crippen LogP contribution in [0.5, 0.6) is 5.75 Å². The van der Waals surface area contributed by atoms with Crippen molar-refractivity contribution in [2.75, 3.05) is 24.9 Å². The average molecular weight is 459 g/mol. The molecule has 0 saturated heterocycles. The predicted octanol–water partition coefficient (Wildman–Crippen LogP) is 7.17. The third-order valence-corrected chi connectivity index (χ3v) is 9.89. The van der Waals surface area contributed by atoms with Gasteiger partial charge in [0.15, 0.2) is 8.32 Å². The third kappa shape index (κ3) is 10.4. The van der Waals surface area contributed by atoms with Gasteiger partial charge in [-0.2, -0.15) is 15.6 Å². The van der Waals surface area contributed by atoms with Gasteiger partial charge in [0.05, 0.1) is 17.9 Å². The Hall–Kier alpha value is -1.81. The molecule has 0 fully saturated rings. The molecule has 1 aromatic carbocycles. The SMILES string of the molecule is C[Si](C)(C)OS(C)(C)CCCCCCCCOc1ccc(-c2ccc(C#N)cn2)cc1. The first-order chi connectivity index (χ1) is 14.7. The van der Waals surface area contributed by atoms with Crippen LogP contribution in [-0.4, -0.2) is 38.2 Å². The van der Waals surface area contributed by atoms with Gasteiger partial charge in [0, 0.05) is 11.8 Å². The first-order valence-corrected chi connectivity index (χ1v) is 17.1. The number of nitrogens with zero attached hydrogens (tertiary/aromatic N) is 2. The maximum Gasteiger partial charge on any atom is 0.199 e. The van der Waals surface area contributed by atoms with Crippen molar-refractivity contribution in [2.45, 2.75) is 58.2 Å². The Morgan fingerprint density at radius 3 is 2.13 bits per heavy atom. The van der Waals surface area contributed by atoms with E-state index < -0.39 is 18.6 Å². The number of benzene rings is 1. The van der Waals surface area contributed by atoms with Crippen molar-refractivity contribution in [1.29, 1.82) is 5.26 Å². The first kappa shape index (κ1) is 25.4. The molecule has 0 aliphatic heterocycles. The second kappa shape index (κ2) is 12.3. The molecule has 0 atom stereocenters. The molecule has 0 aliphatic carbocycles. The van der Waals surface area contributed by atoms with E-state index in [2.05, 4.69) is 43.2 Å². The van der Waals surface area contributed by atoms with Crippen LogP contribution >= 0.6 is 10.3 Å². The highest BCUT2D eigenvalue weighted by Crippen LogP contribution is 2.44. The lowest BCUT2D eigenvalue weighted by molar-refractivity contribution is 0.304. The molecule has 31 heavy (non-hydrogen) atoms. The van der Waals surface area contributed by atoms with Crippen LogP contribution in [0.25, 0.3) is 11.3 Å². The molecule has 2 aromatic rings. The summed E-state index contributed by atoms with van der Waals surface area (Å²) in [6.07, 6.45) is 13.7. The van der Waals surface area contributed by atoms with E-state index in [1.807, 2.05) is 30.3 Å². The van der Waals surface area contributed by atoms with E-state index in [1.54, 1.807) is 12.3 Å². The second-order valence-electron chi connectivity index (χ2n) is 9.37. The summed E-state index contributed by atoms with van der Waals surface area (Å²) in [6, 6.07) is 13.8. The van der Waals surface area contributed by atoms with Crippen LogP contribution in [0.2, 0.25) is 19.6 Å². The number of ether oxygens (including phenoxy) is 1. The molecule has 0 spiro atoms. The topological polar surface area (TPSA) is 55.1 Å². The molecule has 0 unspecified atom stereocenters. The molecule has 6 heteroatoms. The molecule has 0 radical (unpaired) electrons. The fourth-order valence-corrected chi connectivity index (χ4v) is 10.2. The molecule has 2 rings (SSSR count). The van der Waals surface area contributed by atoms with Crippen molar-refractivity contribution in [1.82, 2.24) is 4.98 Å². The zero-order valence-corrected chi connectivity index (χ0v) is 21.6. The highest BCUT2D eigenvalue weighted by atomic mass is 32.3. The fourth-order valence-electron chi connectivity index (χ4n) is 3.52. The number of nitriles is 1. The zero-order valence-electron chi connectivity index (χ0n) is 19.8. The van der Waals surface area contributed by atoms with Gasteiger partial charge in [-0.15, -0.1) is 0 Å². The largest absolute Gasteiger partial charge is 0.494 e. The Morgan fingerprint density at radius 2 is 1.55 bits per heavy atom. The minimum absolute atomic E-state index is 0.574. The highest BCUT2D eigenvalue weighted by molar-refractivity contribution is 8.29. The minimum Gasteiger partial charge on any atom is -0.494 e. The van der Waals surface area contributed by atoms with Crippen LogP contribution in [-0.2, 0) is 3.87 Å². The van der Waals surface area contributed by atoms with E-state index in [-0.39, 0.29) is 0 Å². The van der Waals surface area contributed by atoms with Gasteiger partial charge in [-0.05, 0) is 87.1 Å². The smallest absolute Gasteiger partial charge is 0.199 e. The first-order valence-electron chi connectivity index (χ1n) is 11.2. The van der Waals surface area contributed by atoms with Crippen LogP contribution < -0.4 is 4.74 Å². The maximum atomic E-state index is 8.86. The number of hydrogen-bond donors (Lipinski definition) is 0. The van der Waals surface area contributed by atoms with Gasteiger partial charge in [0.1, 0.15) is 11.8 Å². The Labute approximate surface area is 191 Å². The van der Waals surface area contributed by atoms with Crippen molar-refractivity contribution in [3.8, 4) is 23.1 Å². The van der Waals surface area contributed by atoms with E-state index >= 15 is 0 Å². The minimum atomic E-state index is -1.43. The monoisotopic (exact) mass is 458 g/mol. The third-order valence-electron chi connectivity index (χ3n) is 4.82. The molecule has 170 valence electrons. The molecule has 0 bridgehead atoms. The Morgan fingerprint density at radius 1 is 0.903 bits per heavy atom. The van der Waals surface area contributed by atoms with Gasteiger partial charge in [0.2, 0.25) is 0 Å². The maximum absolute atomic E-state index is 8.86. The molecule has 1 aromatic heterocycles. The van der Waals surface area contributed by atoms with Crippen LogP contribution in [0, 0.1) is 11.3 Å². The van der Waals surface area contributed by atoms with E-state index in [1.165, 1.54) is 37.9 Å². The molecular weight excluding hydrogens is 420 g/mol. The molecule has 4 nitrogen and oxygen atoms in total. The molecule has 0 saturated carbocycles. The van der Waals surface area contributed by atoms with Crippen molar-refractivity contribution >= 4 is 18.6 Å². The Bertz CT molecular complexity index is 825. The summed E-state index contributed by atoms with van der Waals surface area (Å²) in [6.45, 7) is 7.61. The molecule has 0 aliphatic rings. The Balaban J connectivity index is 1.56. The van der Waals surface area contributed by atoms with Gasteiger partial charge in [-0.3, -0.25) is 4.98 Å². The molecule has 0 amide bonds. The zero-order chi connectivity index (χ0) is 22.7. The summed E-state index contributed by atoms with van der Waals surface area (Å²) in [5.41, 5.74) is 2.46. The molecular formula is C25H38N2O2SSi. The predicted molar refractivity (Wildman–Crippen MR) is 136 cm³/mol. The normalized spacial score (nSPS) is 12.4. The van der Waals surface area contributed by atoms with Gasteiger partial charge < -0.3 is 8.61 Å². The van der Waals surface area contributed by atoms with Crippen molar-refractivity contribution in [3.05, 3.63) is 48.2 Å². The molecule has 1 heterocycles. The van der Waals surface area contributed by atoms with E-state index in [9.17, 15) is 0 Å². The van der Waals surface area contributed by atoms with Crippen LogP contribution in [0.4, 0.5) is 0 Å². The quantitative estimate of drug-likeness (QED) is 0.236. The average Bonchev–Trinajstić information content (AvgIpc) is 2.71. The standard InChI is InChI=1S/C25H38N2O2SSi/c1-30(2,29-31(3,4)5)19-11-9-7-6-8-10-18-28-24-15-13-23(14-16-24)25-17-12-22(20-26)21-27-25/h12-17,21H,6-11,18-19H2,1-5H3. The van der Waals surface area contributed by atoms with Gasteiger partial charge in [-0.25, -0.2) is 0 Å². The van der Waals surface area contributed by atoms with Gasteiger partial charge in [-0.1, -0.05) is 25.7 Å². The summed E-state index contributed by atoms with van der Waals surface area (Å²) < 4.78 is 12.2. The number of aromatic nitrogens is 1. The van der Waals surface area contributed by atoms with Gasteiger partial charge in [0.25, 0.3) is 0 Å². The van der Waals surface area contributed by atoms with Crippen LogP contribution in [0.15, 0.2) is 42.6 Å². The second-order valence-corrected chi connectivity index (χ2v) is 17.5. The highest BCUT2D eigenvalue weighted by Gasteiger charge is 2.23. The van der Waals surface area contributed by atoms with Crippen LogP contribution in [0.1, 0.15) is 44.1 Å². The number of pyridine rings is 1. The number of hydrogen-bond acceptors (Lipinski definition) is 4. The van der Waals surface area contributed by atoms with Crippen molar-refractivity contribution in [2.24, 2.45) is 0 Å². The van der Waals surface area contributed by atoms with Crippen molar-refractivity contribution in [3.63, 3.8) is 0 Å². The summed E-state index contributed by atoms with van der Waals surface area (Å²) in [5.74, 6) is 2.12. The summed E-state index contributed by atoms with van der Waals surface area (Å²) in [4.78, 5) is 4.33. The lowest BCUT2D eigenvalue weighted by Crippen LogP contribution is -2.27. The molecule has 0 N–H and O–H groups in total. The summed E-state index contributed by atoms with van der Waals surface area (Å²) in [7, 11) is -2.30. The Kier molecular flexibility index (Phi) is 10.1. The summed E-state index contributed by atoms with van der Waals surface area (Å²) in [5, 5.41) is 8.86. The van der Waals surface area contributed by atoms with E-state index in [0.29, 0.717) is 5.56 Å².